The summed E-state index contributed by atoms with van der Waals surface area (Å²) in [5.74, 6) is 0. The second-order valence-corrected chi connectivity index (χ2v) is 5.13. The Morgan fingerprint density at radius 1 is 1.32 bits per heavy atom. The van der Waals surface area contributed by atoms with E-state index in [-0.39, 0.29) is 0 Å². The van der Waals surface area contributed by atoms with E-state index >= 15 is 0 Å². The SMILES string of the molecule is C=C1CCC(Cc2ccc(C(/C=C\C)=C/C)cc2)N1. The van der Waals surface area contributed by atoms with Crippen molar-refractivity contribution in [3.05, 3.63) is 65.9 Å². The fraction of sp³-hybridized carbons (Fsp3) is 0.333. The molecule has 100 valence electrons. The van der Waals surface area contributed by atoms with Crippen molar-refractivity contribution in [1.82, 2.24) is 5.32 Å². The first-order valence-corrected chi connectivity index (χ1v) is 7.05. The number of hydrogen-bond acceptors (Lipinski definition) is 1. The molecule has 1 atom stereocenters. The van der Waals surface area contributed by atoms with E-state index in [0.717, 1.165) is 12.8 Å². The second kappa shape index (κ2) is 6.42. The highest BCUT2D eigenvalue weighted by molar-refractivity contribution is 5.73. The highest BCUT2D eigenvalue weighted by Gasteiger charge is 2.16. The standard InChI is InChI=1S/C18H23N/c1-4-6-16(5-2)17-10-8-15(9-11-17)13-18-12-7-14(3)19-18/h4-6,8-11,18-19H,3,7,12-13H2,1-2H3/b6-4-,16-5+. The summed E-state index contributed by atoms with van der Waals surface area (Å²) in [5, 5.41) is 3.45. The molecule has 0 spiro atoms. The summed E-state index contributed by atoms with van der Waals surface area (Å²) in [4.78, 5) is 0. The van der Waals surface area contributed by atoms with E-state index in [1.165, 1.54) is 28.8 Å². The van der Waals surface area contributed by atoms with Crippen LogP contribution in [0.3, 0.4) is 0 Å². The Kier molecular flexibility index (Phi) is 4.62. The van der Waals surface area contributed by atoms with Crippen molar-refractivity contribution < 1.29 is 0 Å². The van der Waals surface area contributed by atoms with Gasteiger partial charge in [-0.2, -0.15) is 0 Å². The molecule has 0 saturated carbocycles. The van der Waals surface area contributed by atoms with Crippen LogP contribution in [0.5, 0.6) is 0 Å². The summed E-state index contributed by atoms with van der Waals surface area (Å²) < 4.78 is 0. The molecule has 1 fully saturated rings. The van der Waals surface area contributed by atoms with Crippen LogP contribution in [0, 0.1) is 0 Å². The lowest BCUT2D eigenvalue weighted by Gasteiger charge is -2.11. The molecular weight excluding hydrogens is 230 g/mol. The van der Waals surface area contributed by atoms with E-state index in [0.29, 0.717) is 6.04 Å². The molecule has 1 heterocycles. The van der Waals surface area contributed by atoms with Crippen molar-refractivity contribution in [3.63, 3.8) is 0 Å². The average Bonchev–Trinajstić information content (AvgIpc) is 2.82. The molecule has 1 heteroatoms. The van der Waals surface area contributed by atoms with Gasteiger partial charge in [-0.3, -0.25) is 0 Å². The van der Waals surface area contributed by atoms with Crippen LogP contribution in [0.15, 0.2) is 54.8 Å². The first-order valence-electron chi connectivity index (χ1n) is 7.05. The van der Waals surface area contributed by atoms with Crippen LogP contribution >= 0.6 is 0 Å². The van der Waals surface area contributed by atoms with E-state index < -0.39 is 0 Å². The number of allylic oxidation sites excluding steroid dienone is 5. The third kappa shape index (κ3) is 3.60. The summed E-state index contributed by atoms with van der Waals surface area (Å²) >= 11 is 0. The molecule has 1 aromatic carbocycles. The molecule has 0 aromatic heterocycles. The fourth-order valence-corrected chi connectivity index (χ4v) is 2.59. The minimum absolute atomic E-state index is 0.565. The van der Waals surface area contributed by atoms with Gasteiger partial charge in [-0.25, -0.2) is 0 Å². The zero-order valence-corrected chi connectivity index (χ0v) is 11.9. The quantitative estimate of drug-likeness (QED) is 0.780. The molecule has 1 saturated heterocycles. The molecular formula is C18H23N. The predicted octanol–water partition coefficient (Wildman–Crippen LogP) is 4.47. The maximum absolute atomic E-state index is 3.99. The number of hydrogen-bond donors (Lipinski definition) is 1. The first kappa shape index (κ1) is 13.7. The Hall–Kier alpha value is -1.76. The van der Waals surface area contributed by atoms with Crippen molar-refractivity contribution in [3.8, 4) is 0 Å². The second-order valence-electron chi connectivity index (χ2n) is 5.13. The molecule has 1 aliphatic rings. The third-order valence-corrected chi connectivity index (χ3v) is 3.63. The highest BCUT2D eigenvalue weighted by Crippen LogP contribution is 2.20. The Balaban J connectivity index is 2.04. The molecule has 0 bridgehead atoms. The summed E-state index contributed by atoms with van der Waals surface area (Å²) in [5.41, 5.74) is 5.15. The van der Waals surface area contributed by atoms with Crippen molar-refractivity contribution in [2.45, 2.75) is 39.2 Å². The molecule has 1 N–H and O–H groups in total. The minimum Gasteiger partial charge on any atom is -0.386 e. The average molecular weight is 253 g/mol. The first-order chi connectivity index (χ1) is 9.22. The van der Waals surface area contributed by atoms with Crippen LogP contribution in [0.4, 0.5) is 0 Å². The lowest BCUT2D eigenvalue weighted by molar-refractivity contribution is 0.616. The molecule has 2 rings (SSSR count). The number of benzene rings is 1. The summed E-state index contributed by atoms with van der Waals surface area (Å²) in [7, 11) is 0. The molecule has 1 unspecified atom stereocenters. The van der Waals surface area contributed by atoms with Crippen LogP contribution in [-0.2, 0) is 6.42 Å². The van der Waals surface area contributed by atoms with Gasteiger partial charge in [0.1, 0.15) is 0 Å². The Morgan fingerprint density at radius 2 is 2.05 bits per heavy atom. The van der Waals surface area contributed by atoms with Gasteiger partial charge in [0.15, 0.2) is 0 Å². The fourth-order valence-electron chi connectivity index (χ4n) is 2.59. The molecule has 0 amide bonds. The van der Waals surface area contributed by atoms with Crippen LogP contribution < -0.4 is 5.32 Å². The highest BCUT2D eigenvalue weighted by atomic mass is 14.9. The predicted molar refractivity (Wildman–Crippen MR) is 83.9 cm³/mol. The Bertz CT molecular complexity index is 491. The van der Waals surface area contributed by atoms with Gasteiger partial charge < -0.3 is 5.32 Å². The van der Waals surface area contributed by atoms with Crippen molar-refractivity contribution in [1.29, 1.82) is 0 Å². The number of rotatable bonds is 4. The number of nitrogens with one attached hydrogen (secondary N) is 1. The van der Waals surface area contributed by atoms with Crippen LogP contribution in [0.2, 0.25) is 0 Å². The van der Waals surface area contributed by atoms with E-state index in [1.807, 2.05) is 0 Å². The molecule has 1 aliphatic heterocycles. The molecule has 0 radical (unpaired) electrons. The molecule has 1 aromatic rings. The Morgan fingerprint density at radius 3 is 2.58 bits per heavy atom. The van der Waals surface area contributed by atoms with Gasteiger partial charge in [-0.15, -0.1) is 0 Å². The maximum Gasteiger partial charge on any atom is 0.0302 e. The van der Waals surface area contributed by atoms with Gasteiger partial charge >= 0.3 is 0 Å². The summed E-state index contributed by atoms with van der Waals surface area (Å²) in [6.45, 7) is 8.12. The van der Waals surface area contributed by atoms with Crippen molar-refractivity contribution >= 4 is 5.57 Å². The van der Waals surface area contributed by atoms with Gasteiger partial charge in [-0.1, -0.05) is 49.1 Å². The van der Waals surface area contributed by atoms with Gasteiger partial charge in [0.25, 0.3) is 0 Å². The molecule has 0 aliphatic carbocycles. The molecule has 1 nitrogen and oxygen atoms in total. The summed E-state index contributed by atoms with van der Waals surface area (Å²) in [6, 6.07) is 9.48. The lowest BCUT2D eigenvalue weighted by Crippen LogP contribution is -2.22. The zero-order chi connectivity index (χ0) is 13.7. The summed E-state index contributed by atoms with van der Waals surface area (Å²) in [6.07, 6.45) is 9.80. The van der Waals surface area contributed by atoms with E-state index in [4.69, 9.17) is 0 Å². The van der Waals surface area contributed by atoms with Crippen molar-refractivity contribution in [2.75, 3.05) is 0 Å². The topological polar surface area (TPSA) is 12.0 Å². The van der Waals surface area contributed by atoms with E-state index in [1.54, 1.807) is 0 Å². The lowest BCUT2D eigenvalue weighted by atomic mass is 10.00. The van der Waals surface area contributed by atoms with E-state index in [2.05, 4.69) is 68.2 Å². The Labute approximate surface area is 116 Å². The van der Waals surface area contributed by atoms with Gasteiger partial charge in [0.2, 0.25) is 0 Å². The van der Waals surface area contributed by atoms with Crippen LogP contribution in [0.25, 0.3) is 5.57 Å². The van der Waals surface area contributed by atoms with Crippen LogP contribution in [-0.4, -0.2) is 6.04 Å². The smallest absolute Gasteiger partial charge is 0.0302 e. The molecule has 19 heavy (non-hydrogen) atoms. The third-order valence-electron chi connectivity index (χ3n) is 3.63. The minimum atomic E-state index is 0.565. The van der Waals surface area contributed by atoms with Gasteiger partial charge in [0, 0.05) is 11.7 Å². The van der Waals surface area contributed by atoms with Crippen molar-refractivity contribution in [2.24, 2.45) is 0 Å². The largest absolute Gasteiger partial charge is 0.386 e. The zero-order valence-electron chi connectivity index (χ0n) is 11.9. The van der Waals surface area contributed by atoms with Crippen LogP contribution in [0.1, 0.15) is 37.8 Å². The normalized spacial score (nSPS) is 20.0. The monoisotopic (exact) mass is 253 g/mol. The maximum atomic E-state index is 3.99. The van der Waals surface area contributed by atoms with Gasteiger partial charge in [0.05, 0.1) is 0 Å². The van der Waals surface area contributed by atoms with Gasteiger partial charge in [-0.05, 0) is 49.8 Å². The van der Waals surface area contributed by atoms with E-state index in [9.17, 15) is 0 Å².